The molecular formula is C23H20N2O3S. The highest BCUT2D eigenvalue weighted by Crippen LogP contribution is 2.21. The first-order valence-corrected chi connectivity index (χ1v) is 10.4. The van der Waals surface area contributed by atoms with Gasteiger partial charge in [-0.25, -0.2) is 4.98 Å². The quantitative estimate of drug-likeness (QED) is 0.183. The van der Waals surface area contributed by atoms with Crippen molar-refractivity contribution in [1.29, 1.82) is 0 Å². The predicted octanol–water partition coefficient (Wildman–Crippen LogP) is 4.79. The molecule has 0 atom stereocenters. The van der Waals surface area contributed by atoms with E-state index < -0.39 is 0 Å². The summed E-state index contributed by atoms with van der Waals surface area (Å²) >= 11 is 1.49. The van der Waals surface area contributed by atoms with Gasteiger partial charge in [0, 0.05) is 17.7 Å². The van der Waals surface area contributed by atoms with Gasteiger partial charge >= 0.3 is 0 Å². The van der Waals surface area contributed by atoms with Crippen LogP contribution in [-0.4, -0.2) is 21.1 Å². The van der Waals surface area contributed by atoms with E-state index in [0.29, 0.717) is 47.0 Å². The third-order valence-corrected chi connectivity index (χ3v) is 5.66. The highest BCUT2D eigenvalue weighted by Gasteiger charge is 2.13. The molecule has 0 aliphatic heterocycles. The second-order valence-corrected chi connectivity index (χ2v) is 7.69. The lowest BCUT2D eigenvalue weighted by Gasteiger charge is -2.12. The number of ketones is 1. The van der Waals surface area contributed by atoms with E-state index in [-0.39, 0.29) is 11.3 Å². The molecule has 4 aromatic rings. The number of hydrogen-bond acceptors (Lipinski definition) is 5. The third-order valence-electron chi connectivity index (χ3n) is 4.60. The van der Waals surface area contributed by atoms with E-state index in [0.717, 1.165) is 5.56 Å². The number of rotatable bonds is 8. The van der Waals surface area contributed by atoms with Crippen LogP contribution >= 0.6 is 11.8 Å². The summed E-state index contributed by atoms with van der Waals surface area (Å²) in [6, 6.07) is 20.3. The Kier molecular flexibility index (Phi) is 5.91. The summed E-state index contributed by atoms with van der Waals surface area (Å²) in [6.07, 6.45) is 2.77. The van der Waals surface area contributed by atoms with Crippen LogP contribution in [0.4, 0.5) is 0 Å². The summed E-state index contributed by atoms with van der Waals surface area (Å²) in [5.74, 6) is 1.53. The maximum absolute atomic E-state index is 13.0. The molecule has 2 aromatic heterocycles. The zero-order valence-electron chi connectivity index (χ0n) is 15.8. The fraction of sp³-hybridized carbons (Fsp3) is 0.174. The normalized spacial score (nSPS) is 11.0. The lowest BCUT2D eigenvalue weighted by atomic mass is 10.1. The lowest BCUT2D eigenvalue weighted by Crippen LogP contribution is -2.23. The smallest absolute Gasteiger partial charge is 0.262 e. The summed E-state index contributed by atoms with van der Waals surface area (Å²) < 4.78 is 7.07. The maximum Gasteiger partial charge on any atom is 0.262 e. The van der Waals surface area contributed by atoms with Gasteiger partial charge in [0.05, 0.1) is 23.7 Å². The van der Waals surface area contributed by atoms with E-state index in [1.165, 1.54) is 11.8 Å². The van der Waals surface area contributed by atoms with Crippen LogP contribution in [0, 0.1) is 0 Å². The first-order chi connectivity index (χ1) is 14.2. The Hall–Kier alpha value is -3.12. The van der Waals surface area contributed by atoms with E-state index in [2.05, 4.69) is 0 Å². The maximum atomic E-state index is 13.0. The van der Waals surface area contributed by atoms with E-state index in [1.807, 2.05) is 54.6 Å². The van der Waals surface area contributed by atoms with Gasteiger partial charge in [-0.1, -0.05) is 54.2 Å². The molecule has 0 aliphatic rings. The Morgan fingerprint density at radius 3 is 2.59 bits per heavy atom. The first kappa shape index (κ1) is 19.2. The Balaban J connectivity index is 1.51. The molecule has 4 rings (SSSR count). The Labute approximate surface area is 172 Å². The van der Waals surface area contributed by atoms with Crippen LogP contribution in [0.25, 0.3) is 10.9 Å². The fourth-order valence-corrected chi connectivity index (χ4v) is 4.06. The number of benzene rings is 2. The number of thioether (sulfide) groups is 1. The number of furan rings is 1. The predicted molar refractivity (Wildman–Crippen MR) is 115 cm³/mol. The third kappa shape index (κ3) is 4.49. The minimum Gasteiger partial charge on any atom is -0.467 e. The van der Waals surface area contributed by atoms with Crippen molar-refractivity contribution in [3.05, 3.63) is 94.7 Å². The molecule has 0 unspecified atom stereocenters. The van der Waals surface area contributed by atoms with Crippen LogP contribution in [0.3, 0.4) is 0 Å². The molecule has 2 heterocycles. The van der Waals surface area contributed by atoms with Crippen LogP contribution in [0.5, 0.6) is 0 Å². The molecule has 0 aliphatic carbocycles. The standard InChI is InChI=1S/C23H20N2O3S/c26-21(17-8-2-1-3-9-17)13-7-15-29-23-24-20-12-5-4-11-19(20)22(27)25(23)16-18-10-6-14-28-18/h1-6,8-12,14H,7,13,15-16H2. The van der Waals surface area contributed by atoms with Crippen molar-refractivity contribution < 1.29 is 9.21 Å². The van der Waals surface area contributed by atoms with Gasteiger partial charge in [0.15, 0.2) is 10.9 Å². The van der Waals surface area contributed by atoms with Gasteiger partial charge in [0.25, 0.3) is 5.56 Å². The molecule has 0 bridgehead atoms. The molecule has 0 spiro atoms. The fourth-order valence-electron chi connectivity index (χ4n) is 3.12. The molecule has 0 saturated carbocycles. The van der Waals surface area contributed by atoms with E-state index in [1.54, 1.807) is 23.0 Å². The SMILES string of the molecule is O=C(CCCSc1nc2ccccc2c(=O)n1Cc1ccco1)c1ccccc1. The molecule has 6 heteroatoms. The van der Waals surface area contributed by atoms with Crippen molar-refractivity contribution in [2.24, 2.45) is 0 Å². The number of aromatic nitrogens is 2. The number of Topliss-reactive ketones (excluding diaryl/α,β-unsaturated/α-hetero) is 1. The van der Waals surface area contributed by atoms with E-state index >= 15 is 0 Å². The number of carbonyl (C=O) groups excluding carboxylic acids is 1. The molecule has 146 valence electrons. The summed E-state index contributed by atoms with van der Waals surface area (Å²) in [5, 5.41) is 1.22. The van der Waals surface area contributed by atoms with Gasteiger partial charge in [0.1, 0.15) is 5.76 Å². The second kappa shape index (κ2) is 8.92. The Morgan fingerprint density at radius 2 is 1.79 bits per heavy atom. The highest BCUT2D eigenvalue weighted by atomic mass is 32.2. The molecule has 0 N–H and O–H groups in total. The summed E-state index contributed by atoms with van der Waals surface area (Å²) in [5.41, 5.74) is 1.32. The minimum atomic E-state index is -0.0881. The van der Waals surface area contributed by atoms with Gasteiger partial charge in [-0.2, -0.15) is 0 Å². The zero-order chi connectivity index (χ0) is 20.1. The number of hydrogen-bond donors (Lipinski definition) is 0. The summed E-state index contributed by atoms with van der Waals surface area (Å²) in [6.45, 7) is 0.328. The van der Waals surface area contributed by atoms with Crippen LogP contribution in [0.1, 0.15) is 29.0 Å². The van der Waals surface area contributed by atoms with Crippen molar-refractivity contribution in [2.45, 2.75) is 24.5 Å². The average molecular weight is 404 g/mol. The van der Waals surface area contributed by atoms with Crippen molar-refractivity contribution in [1.82, 2.24) is 9.55 Å². The Morgan fingerprint density at radius 1 is 1.00 bits per heavy atom. The largest absolute Gasteiger partial charge is 0.467 e. The van der Waals surface area contributed by atoms with Crippen molar-refractivity contribution in [3.63, 3.8) is 0 Å². The molecule has 0 radical (unpaired) electrons. The number of para-hydroxylation sites is 1. The molecule has 29 heavy (non-hydrogen) atoms. The molecular weight excluding hydrogens is 384 g/mol. The van der Waals surface area contributed by atoms with E-state index in [9.17, 15) is 9.59 Å². The Bertz CT molecular complexity index is 1170. The monoisotopic (exact) mass is 404 g/mol. The van der Waals surface area contributed by atoms with Crippen LogP contribution in [-0.2, 0) is 6.54 Å². The topological polar surface area (TPSA) is 65.1 Å². The second-order valence-electron chi connectivity index (χ2n) is 6.62. The van der Waals surface area contributed by atoms with Crippen LogP contribution in [0.15, 0.2) is 87.4 Å². The van der Waals surface area contributed by atoms with Gasteiger partial charge in [0.2, 0.25) is 0 Å². The number of carbonyl (C=O) groups is 1. The number of nitrogens with zero attached hydrogens (tertiary/aromatic N) is 2. The molecule has 0 fully saturated rings. The zero-order valence-corrected chi connectivity index (χ0v) is 16.6. The number of fused-ring (bicyclic) bond motifs is 1. The van der Waals surface area contributed by atoms with Crippen LogP contribution in [0.2, 0.25) is 0 Å². The molecule has 0 amide bonds. The molecule has 2 aromatic carbocycles. The summed E-state index contributed by atoms with van der Waals surface area (Å²) in [7, 11) is 0. The van der Waals surface area contributed by atoms with Gasteiger partial charge in [-0.3, -0.25) is 14.2 Å². The van der Waals surface area contributed by atoms with Crippen molar-refractivity contribution in [2.75, 3.05) is 5.75 Å². The van der Waals surface area contributed by atoms with E-state index in [4.69, 9.17) is 9.40 Å². The van der Waals surface area contributed by atoms with Crippen LogP contribution < -0.4 is 5.56 Å². The minimum absolute atomic E-state index is 0.0881. The van der Waals surface area contributed by atoms with Crippen molar-refractivity contribution in [3.8, 4) is 0 Å². The highest BCUT2D eigenvalue weighted by molar-refractivity contribution is 7.99. The lowest BCUT2D eigenvalue weighted by molar-refractivity contribution is 0.0982. The molecule has 0 saturated heterocycles. The first-order valence-electron chi connectivity index (χ1n) is 9.45. The van der Waals surface area contributed by atoms with Gasteiger partial charge in [-0.15, -0.1) is 0 Å². The summed E-state index contributed by atoms with van der Waals surface area (Å²) in [4.78, 5) is 30.0. The van der Waals surface area contributed by atoms with Gasteiger partial charge in [-0.05, 0) is 30.7 Å². The molecule has 5 nitrogen and oxygen atoms in total. The van der Waals surface area contributed by atoms with Gasteiger partial charge < -0.3 is 4.42 Å². The van der Waals surface area contributed by atoms with Crippen molar-refractivity contribution >= 4 is 28.4 Å². The average Bonchev–Trinajstić information content (AvgIpc) is 3.27.